The van der Waals surface area contributed by atoms with Crippen LogP contribution in [0.3, 0.4) is 0 Å². The Morgan fingerprint density at radius 2 is 2.33 bits per heavy atom. The summed E-state index contributed by atoms with van der Waals surface area (Å²) in [5.74, 6) is 0.583. The van der Waals surface area contributed by atoms with Crippen LogP contribution in [0.4, 0.5) is 0 Å². The van der Waals surface area contributed by atoms with Crippen molar-refractivity contribution in [2.24, 2.45) is 11.7 Å². The van der Waals surface area contributed by atoms with E-state index in [9.17, 15) is 0 Å². The number of rotatable bonds is 0. The van der Waals surface area contributed by atoms with Gasteiger partial charge in [-0.1, -0.05) is 13.0 Å². The molecule has 9 heavy (non-hydrogen) atoms. The van der Waals surface area contributed by atoms with Gasteiger partial charge in [0.15, 0.2) is 0 Å². The van der Waals surface area contributed by atoms with E-state index >= 15 is 0 Å². The van der Waals surface area contributed by atoms with Crippen molar-refractivity contribution in [3.63, 3.8) is 0 Å². The van der Waals surface area contributed by atoms with E-state index in [4.69, 9.17) is 10.8 Å². The fraction of sp³-hybridized carbons (Fsp3) is 0.429. The Kier molecular flexibility index (Phi) is 1.58. The van der Waals surface area contributed by atoms with E-state index in [2.05, 4.69) is 0 Å². The predicted octanol–water partition coefficient (Wildman–Crippen LogP) is 0.962. The molecular formula is C7H11NO. The lowest BCUT2D eigenvalue weighted by Gasteiger charge is -2.15. The minimum atomic E-state index is 0.0703. The molecule has 1 aliphatic carbocycles. The van der Waals surface area contributed by atoms with Crippen LogP contribution < -0.4 is 5.73 Å². The van der Waals surface area contributed by atoms with E-state index in [0.717, 1.165) is 0 Å². The van der Waals surface area contributed by atoms with Crippen LogP contribution in [0.1, 0.15) is 6.92 Å². The molecule has 0 fully saturated rings. The third kappa shape index (κ3) is 1.33. The molecule has 0 aromatic heterocycles. The van der Waals surface area contributed by atoms with Crippen LogP contribution in [0.25, 0.3) is 0 Å². The normalized spacial score (nSPS) is 34.2. The van der Waals surface area contributed by atoms with Gasteiger partial charge in [0.2, 0.25) is 0 Å². The average Bonchev–Trinajstić information content (AvgIpc) is 1.80. The fourth-order valence-corrected chi connectivity index (χ4v) is 0.821. The van der Waals surface area contributed by atoms with Gasteiger partial charge < -0.3 is 10.8 Å². The predicted molar refractivity (Wildman–Crippen MR) is 37.0 cm³/mol. The van der Waals surface area contributed by atoms with Crippen molar-refractivity contribution in [2.45, 2.75) is 13.0 Å². The van der Waals surface area contributed by atoms with Gasteiger partial charge in [0, 0.05) is 6.04 Å². The molecule has 0 amide bonds. The monoisotopic (exact) mass is 125 g/mol. The molecule has 0 aromatic rings. The van der Waals surface area contributed by atoms with E-state index < -0.39 is 0 Å². The Morgan fingerprint density at radius 1 is 1.67 bits per heavy atom. The SMILES string of the molecule is CC1C=C(O)C=CC1N. The van der Waals surface area contributed by atoms with Gasteiger partial charge in [0.25, 0.3) is 0 Å². The van der Waals surface area contributed by atoms with E-state index in [0.29, 0.717) is 5.76 Å². The summed E-state index contributed by atoms with van der Waals surface area (Å²) in [6.07, 6.45) is 5.19. The molecule has 0 aliphatic heterocycles. The smallest absolute Gasteiger partial charge is 0.111 e. The second kappa shape index (κ2) is 2.23. The van der Waals surface area contributed by atoms with Crippen molar-refractivity contribution in [3.8, 4) is 0 Å². The van der Waals surface area contributed by atoms with Gasteiger partial charge in [0.1, 0.15) is 5.76 Å². The van der Waals surface area contributed by atoms with Gasteiger partial charge in [0.05, 0.1) is 0 Å². The zero-order valence-corrected chi connectivity index (χ0v) is 5.41. The first-order valence-electron chi connectivity index (χ1n) is 3.04. The van der Waals surface area contributed by atoms with Crippen molar-refractivity contribution < 1.29 is 5.11 Å². The Morgan fingerprint density at radius 3 is 2.78 bits per heavy atom. The van der Waals surface area contributed by atoms with Crippen LogP contribution in [0.5, 0.6) is 0 Å². The minimum Gasteiger partial charge on any atom is -0.508 e. The largest absolute Gasteiger partial charge is 0.508 e. The quantitative estimate of drug-likeness (QED) is 0.506. The van der Waals surface area contributed by atoms with Gasteiger partial charge in [-0.25, -0.2) is 0 Å². The molecule has 1 rings (SSSR count). The van der Waals surface area contributed by atoms with Gasteiger partial charge in [-0.3, -0.25) is 0 Å². The highest BCUT2D eigenvalue weighted by atomic mass is 16.3. The molecule has 2 unspecified atom stereocenters. The van der Waals surface area contributed by atoms with Crippen molar-refractivity contribution in [1.82, 2.24) is 0 Å². The van der Waals surface area contributed by atoms with Crippen molar-refractivity contribution >= 4 is 0 Å². The molecule has 0 saturated heterocycles. The maximum Gasteiger partial charge on any atom is 0.111 e. The average molecular weight is 125 g/mol. The number of hydrogen-bond donors (Lipinski definition) is 2. The molecule has 0 bridgehead atoms. The molecule has 0 aromatic carbocycles. The Bertz CT molecular complexity index is 160. The maximum atomic E-state index is 8.92. The van der Waals surface area contributed by atoms with E-state index in [1.165, 1.54) is 0 Å². The first-order chi connectivity index (χ1) is 4.20. The number of hydrogen-bond acceptors (Lipinski definition) is 2. The lowest BCUT2D eigenvalue weighted by molar-refractivity contribution is 0.414. The molecule has 2 nitrogen and oxygen atoms in total. The molecular weight excluding hydrogens is 114 g/mol. The number of aliphatic hydroxyl groups is 1. The van der Waals surface area contributed by atoms with Crippen molar-refractivity contribution in [2.75, 3.05) is 0 Å². The minimum absolute atomic E-state index is 0.0703. The number of aliphatic hydroxyl groups excluding tert-OH is 1. The van der Waals surface area contributed by atoms with Crippen LogP contribution in [-0.4, -0.2) is 11.1 Å². The summed E-state index contributed by atoms with van der Waals surface area (Å²) in [7, 11) is 0. The summed E-state index contributed by atoms with van der Waals surface area (Å²) >= 11 is 0. The van der Waals surface area contributed by atoms with Gasteiger partial charge in [-0.2, -0.15) is 0 Å². The van der Waals surface area contributed by atoms with E-state index in [1.54, 1.807) is 18.2 Å². The second-order valence-corrected chi connectivity index (χ2v) is 2.39. The molecule has 0 saturated carbocycles. The third-order valence-electron chi connectivity index (χ3n) is 1.53. The lowest BCUT2D eigenvalue weighted by Crippen LogP contribution is -2.26. The van der Waals surface area contributed by atoms with Crippen LogP contribution in [0.15, 0.2) is 24.0 Å². The lowest BCUT2D eigenvalue weighted by atomic mass is 9.97. The number of nitrogens with two attached hydrogens (primary N) is 1. The first-order valence-corrected chi connectivity index (χ1v) is 3.04. The zero-order valence-electron chi connectivity index (χ0n) is 5.41. The topological polar surface area (TPSA) is 46.2 Å². The summed E-state index contributed by atoms with van der Waals surface area (Å²) < 4.78 is 0. The Hall–Kier alpha value is -0.760. The molecule has 0 spiro atoms. The van der Waals surface area contributed by atoms with Crippen LogP contribution >= 0.6 is 0 Å². The van der Waals surface area contributed by atoms with Crippen LogP contribution in [-0.2, 0) is 0 Å². The molecule has 0 radical (unpaired) electrons. The highest BCUT2D eigenvalue weighted by Crippen LogP contribution is 2.12. The standard InChI is InChI=1S/C7H11NO/c1-5-4-6(9)2-3-7(5)8/h2-5,7,9H,8H2,1H3. The molecule has 2 heteroatoms. The Balaban J connectivity index is 2.70. The molecule has 50 valence electrons. The van der Waals surface area contributed by atoms with Crippen molar-refractivity contribution in [1.29, 1.82) is 0 Å². The van der Waals surface area contributed by atoms with Crippen LogP contribution in [0, 0.1) is 5.92 Å². The zero-order chi connectivity index (χ0) is 6.85. The highest BCUT2D eigenvalue weighted by molar-refractivity contribution is 5.20. The first kappa shape index (κ1) is 6.36. The summed E-state index contributed by atoms with van der Waals surface area (Å²) in [5.41, 5.74) is 5.60. The van der Waals surface area contributed by atoms with Gasteiger partial charge in [-0.05, 0) is 18.1 Å². The van der Waals surface area contributed by atoms with Crippen molar-refractivity contribution in [3.05, 3.63) is 24.0 Å². The second-order valence-electron chi connectivity index (χ2n) is 2.39. The summed E-state index contributed by atoms with van der Waals surface area (Å²) in [6, 6.07) is 0.0703. The Labute approximate surface area is 54.7 Å². The van der Waals surface area contributed by atoms with Gasteiger partial charge >= 0.3 is 0 Å². The summed E-state index contributed by atoms with van der Waals surface area (Å²) in [6.45, 7) is 1.98. The summed E-state index contributed by atoms with van der Waals surface area (Å²) in [5, 5.41) is 8.92. The van der Waals surface area contributed by atoms with E-state index in [1.807, 2.05) is 6.92 Å². The summed E-state index contributed by atoms with van der Waals surface area (Å²) in [4.78, 5) is 0. The fourth-order valence-electron chi connectivity index (χ4n) is 0.821. The molecule has 1 aliphatic rings. The highest BCUT2D eigenvalue weighted by Gasteiger charge is 2.10. The number of allylic oxidation sites excluding steroid dienone is 1. The van der Waals surface area contributed by atoms with Gasteiger partial charge in [-0.15, -0.1) is 0 Å². The third-order valence-corrected chi connectivity index (χ3v) is 1.53. The molecule has 0 heterocycles. The van der Waals surface area contributed by atoms with E-state index in [-0.39, 0.29) is 12.0 Å². The molecule has 2 atom stereocenters. The molecule has 3 N–H and O–H groups in total. The van der Waals surface area contributed by atoms with Crippen LogP contribution in [0.2, 0.25) is 0 Å². The maximum absolute atomic E-state index is 8.92.